The number of rotatable bonds is 5. The highest BCUT2D eigenvalue weighted by atomic mass is 35.5. The summed E-state index contributed by atoms with van der Waals surface area (Å²) in [4.78, 5) is 22.0. The van der Waals surface area contributed by atoms with Crippen molar-refractivity contribution in [1.82, 2.24) is 5.32 Å². The van der Waals surface area contributed by atoms with E-state index >= 15 is 0 Å². The first-order valence-electron chi connectivity index (χ1n) is 5.21. The molecule has 0 saturated carbocycles. The molecule has 1 amide bonds. The average Bonchev–Trinajstić information content (AvgIpc) is 2.30. The van der Waals surface area contributed by atoms with Crippen LogP contribution in [-0.2, 0) is 16.0 Å². The third-order valence-electron chi connectivity index (χ3n) is 2.23. The molecule has 5 heteroatoms. The number of amides is 1. The molecule has 0 saturated heterocycles. The molecule has 1 aromatic rings. The van der Waals surface area contributed by atoms with E-state index in [1.807, 2.05) is 0 Å². The van der Waals surface area contributed by atoms with Crippen molar-refractivity contribution in [2.45, 2.75) is 25.4 Å². The first-order chi connectivity index (χ1) is 8.02. The van der Waals surface area contributed by atoms with Crippen LogP contribution in [0.1, 0.15) is 12.5 Å². The van der Waals surface area contributed by atoms with Crippen molar-refractivity contribution in [3.8, 4) is 0 Å². The average molecular weight is 254 g/mol. The van der Waals surface area contributed by atoms with Gasteiger partial charge >= 0.3 is 0 Å². The molecule has 1 aromatic carbocycles. The Morgan fingerprint density at radius 3 is 2.53 bits per heavy atom. The fourth-order valence-electron chi connectivity index (χ4n) is 1.28. The number of halogens is 1. The summed E-state index contributed by atoms with van der Waals surface area (Å²) in [6.07, 6.45) is 2.15. The van der Waals surface area contributed by atoms with E-state index in [4.69, 9.17) is 17.3 Å². The van der Waals surface area contributed by atoms with E-state index < -0.39 is 12.1 Å². The van der Waals surface area contributed by atoms with Gasteiger partial charge in [-0.3, -0.25) is 9.59 Å². The smallest absolute Gasteiger partial charge is 0.237 e. The lowest BCUT2D eigenvalue weighted by atomic mass is 10.1. The maximum Gasteiger partial charge on any atom is 0.237 e. The van der Waals surface area contributed by atoms with Crippen molar-refractivity contribution >= 4 is 23.8 Å². The fraction of sp³-hybridized carbons (Fsp3) is 0.333. The van der Waals surface area contributed by atoms with Crippen LogP contribution in [-0.4, -0.2) is 24.3 Å². The first-order valence-corrected chi connectivity index (χ1v) is 5.59. The number of carbonyl (C=O) groups excluding carboxylic acids is 2. The van der Waals surface area contributed by atoms with Crippen LogP contribution in [0, 0.1) is 0 Å². The Morgan fingerprint density at radius 2 is 2.06 bits per heavy atom. The Kier molecular flexibility index (Phi) is 5.12. The summed E-state index contributed by atoms with van der Waals surface area (Å²) in [5.41, 5.74) is 6.29. The van der Waals surface area contributed by atoms with E-state index in [0.29, 0.717) is 11.4 Å². The summed E-state index contributed by atoms with van der Waals surface area (Å²) in [5, 5.41) is 3.13. The fourth-order valence-corrected chi connectivity index (χ4v) is 1.41. The number of benzene rings is 1. The molecule has 0 bridgehead atoms. The zero-order chi connectivity index (χ0) is 12.8. The summed E-state index contributed by atoms with van der Waals surface area (Å²) >= 11 is 5.74. The Hall–Kier alpha value is -1.39. The number of carbonyl (C=O) groups is 1. The predicted molar refractivity (Wildman–Crippen MR) is 66.4 cm³/mol. The van der Waals surface area contributed by atoms with Crippen LogP contribution in [0.4, 0.5) is 0 Å². The second-order valence-electron chi connectivity index (χ2n) is 3.80. The normalized spacial score (nSPS) is 13.8. The highest BCUT2D eigenvalue weighted by Crippen LogP contribution is 2.10. The van der Waals surface area contributed by atoms with Crippen LogP contribution < -0.4 is 11.1 Å². The van der Waals surface area contributed by atoms with Crippen molar-refractivity contribution in [1.29, 1.82) is 0 Å². The molecule has 91 valence electrons. The lowest BCUT2D eigenvalue weighted by molar-refractivity contribution is -0.122. The van der Waals surface area contributed by atoms with Crippen LogP contribution in [0.25, 0.3) is 0 Å². The largest absolute Gasteiger partial charge is 0.344 e. The van der Waals surface area contributed by atoms with Gasteiger partial charge in [-0.05, 0) is 24.6 Å². The lowest BCUT2D eigenvalue weighted by Crippen LogP contribution is -2.45. The zero-order valence-corrected chi connectivity index (χ0v) is 10.2. The SMILES string of the molecule is C[C@H](N)C(=O)N[C@@H]([C]=O)Cc1ccc(Cl)cc1. The van der Waals surface area contributed by atoms with E-state index in [1.165, 1.54) is 0 Å². The van der Waals surface area contributed by atoms with Crippen LogP contribution in [0.5, 0.6) is 0 Å². The van der Waals surface area contributed by atoms with Gasteiger partial charge in [0.2, 0.25) is 12.2 Å². The Bertz CT molecular complexity index is 390. The van der Waals surface area contributed by atoms with Gasteiger partial charge in [0.1, 0.15) is 0 Å². The van der Waals surface area contributed by atoms with Crippen molar-refractivity contribution in [2.75, 3.05) is 0 Å². The molecule has 0 aliphatic heterocycles. The van der Waals surface area contributed by atoms with E-state index in [0.717, 1.165) is 5.56 Å². The maximum absolute atomic E-state index is 11.3. The quantitative estimate of drug-likeness (QED) is 0.816. The highest BCUT2D eigenvalue weighted by molar-refractivity contribution is 6.30. The van der Waals surface area contributed by atoms with Crippen LogP contribution in [0.2, 0.25) is 5.02 Å². The maximum atomic E-state index is 11.3. The van der Waals surface area contributed by atoms with Gasteiger partial charge in [0.05, 0.1) is 12.1 Å². The molecule has 0 spiro atoms. The minimum absolute atomic E-state index is 0.368. The van der Waals surface area contributed by atoms with Crippen LogP contribution >= 0.6 is 11.6 Å². The lowest BCUT2D eigenvalue weighted by Gasteiger charge is -2.13. The van der Waals surface area contributed by atoms with E-state index in [1.54, 1.807) is 37.5 Å². The molecule has 4 nitrogen and oxygen atoms in total. The van der Waals surface area contributed by atoms with Gasteiger partial charge < -0.3 is 11.1 Å². The first kappa shape index (κ1) is 13.7. The molecular formula is C12H14ClN2O2. The van der Waals surface area contributed by atoms with Crippen LogP contribution in [0.15, 0.2) is 24.3 Å². The zero-order valence-electron chi connectivity index (χ0n) is 9.44. The Labute approximate surface area is 105 Å². The van der Waals surface area contributed by atoms with Crippen molar-refractivity contribution in [3.63, 3.8) is 0 Å². The van der Waals surface area contributed by atoms with E-state index in [-0.39, 0.29) is 5.91 Å². The second-order valence-corrected chi connectivity index (χ2v) is 4.23. The second kappa shape index (κ2) is 6.37. The minimum Gasteiger partial charge on any atom is -0.344 e. The monoisotopic (exact) mass is 253 g/mol. The van der Waals surface area contributed by atoms with E-state index in [2.05, 4.69) is 5.32 Å². The molecule has 0 fully saturated rings. The Morgan fingerprint density at radius 1 is 1.47 bits per heavy atom. The van der Waals surface area contributed by atoms with Gasteiger partial charge in [-0.2, -0.15) is 0 Å². The van der Waals surface area contributed by atoms with Gasteiger partial charge in [-0.1, -0.05) is 23.7 Å². The third kappa shape index (κ3) is 4.54. The van der Waals surface area contributed by atoms with Gasteiger partial charge in [0.25, 0.3) is 0 Å². The van der Waals surface area contributed by atoms with Crippen LogP contribution in [0.3, 0.4) is 0 Å². The molecular weight excluding hydrogens is 240 g/mol. The summed E-state index contributed by atoms with van der Waals surface area (Å²) in [6, 6.07) is 5.72. The molecule has 2 atom stereocenters. The van der Waals surface area contributed by atoms with Gasteiger partial charge in [-0.25, -0.2) is 0 Å². The third-order valence-corrected chi connectivity index (χ3v) is 2.48. The standard InChI is InChI=1S/C12H14ClN2O2/c1-8(14)12(17)15-11(7-16)6-9-2-4-10(13)5-3-9/h2-5,8,11H,6,14H2,1H3,(H,15,17)/t8-,11+/m0/s1. The molecule has 1 radical (unpaired) electrons. The molecule has 0 aliphatic rings. The topological polar surface area (TPSA) is 72.2 Å². The molecule has 1 rings (SSSR count). The van der Waals surface area contributed by atoms with Gasteiger partial charge in [0.15, 0.2) is 0 Å². The predicted octanol–water partition coefficient (Wildman–Crippen LogP) is 0.824. The number of nitrogens with two attached hydrogens (primary N) is 1. The molecule has 17 heavy (non-hydrogen) atoms. The molecule has 3 N–H and O–H groups in total. The summed E-state index contributed by atoms with van der Waals surface area (Å²) in [6.45, 7) is 1.56. The van der Waals surface area contributed by atoms with Crippen molar-refractivity contribution in [3.05, 3.63) is 34.9 Å². The summed E-state index contributed by atoms with van der Waals surface area (Å²) < 4.78 is 0. The Balaban J connectivity index is 2.61. The van der Waals surface area contributed by atoms with Gasteiger partial charge in [0, 0.05) is 11.4 Å². The summed E-state index contributed by atoms with van der Waals surface area (Å²) in [5.74, 6) is -0.368. The van der Waals surface area contributed by atoms with Crippen molar-refractivity contribution in [2.24, 2.45) is 5.73 Å². The number of hydrogen-bond acceptors (Lipinski definition) is 3. The summed E-state index contributed by atoms with van der Waals surface area (Å²) in [7, 11) is 0. The van der Waals surface area contributed by atoms with Gasteiger partial charge in [-0.15, -0.1) is 0 Å². The molecule has 0 aliphatic carbocycles. The molecule has 0 unspecified atom stereocenters. The number of hydrogen-bond donors (Lipinski definition) is 2. The molecule has 0 heterocycles. The van der Waals surface area contributed by atoms with E-state index in [9.17, 15) is 9.59 Å². The van der Waals surface area contributed by atoms with Crippen molar-refractivity contribution < 1.29 is 9.59 Å². The number of nitrogens with one attached hydrogen (secondary N) is 1. The highest BCUT2D eigenvalue weighted by Gasteiger charge is 2.15. The molecule has 0 aromatic heterocycles. The minimum atomic E-state index is -0.685.